The quantitative estimate of drug-likeness (QED) is 0.395. The van der Waals surface area contributed by atoms with Gasteiger partial charge in [-0.05, 0) is 36.4 Å². The second-order valence-corrected chi connectivity index (χ2v) is 6.57. The van der Waals surface area contributed by atoms with E-state index in [1.165, 1.54) is 35.8 Å². The van der Waals surface area contributed by atoms with Crippen LogP contribution in [-0.4, -0.2) is 37.7 Å². The van der Waals surface area contributed by atoms with Gasteiger partial charge in [-0.2, -0.15) is 0 Å². The summed E-state index contributed by atoms with van der Waals surface area (Å²) >= 11 is 0. The molecule has 4 aromatic rings. The van der Waals surface area contributed by atoms with Crippen LogP contribution in [0.5, 0.6) is 0 Å². The van der Waals surface area contributed by atoms with Crippen LogP contribution in [0.15, 0.2) is 58.1 Å². The average Bonchev–Trinajstić information content (AvgIpc) is 3.04. The first-order chi connectivity index (χ1) is 14.4. The second-order valence-electron chi connectivity index (χ2n) is 6.57. The Kier molecular flexibility index (Phi) is 4.66. The summed E-state index contributed by atoms with van der Waals surface area (Å²) in [5.74, 6) is -0.790. The number of aromatic nitrogens is 4. The topological polar surface area (TPSA) is 117 Å². The number of carbonyl (C=O) groups is 2. The Morgan fingerprint density at radius 1 is 1.00 bits per heavy atom. The van der Waals surface area contributed by atoms with E-state index in [0.29, 0.717) is 16.8 Å². The van der Waals surface area contributed by atoms with Gasteiger partial charge in [0.1, 0.15) is 6.54 Å². The lowest BCUT2D eigenvalue weighted by Crippen LogP contribution is -2.42. The molecule has 10 heteroatoms. The van der Waals surface area contributed by atoms with E-state index >= 15 is 0 Å². The second kappa shape index (κ2) is 7.32. The highest BCUT2D eigenvalue weighted by molar-refractivity contribution is 5.93. The van der Waals surface area contributed by atoms with Gasteiger partial charge in [-0.25, -0.2) is 13.9 Å². The molecule has 0 bridgehead atoms. The molecule has 2 heterocycles. The molecule has 0 aliphatic carbocycles. The first kappa shape index (κ1) is 19.1. The van der Waals surface area contributed by atoms with Crippen LogP contribution in [0.4, 0.5) is 5.69 Å². The molecule has 0 atom stereocenters. The Morgan fingerprint density at radius 2 is 1.67 bits per heavy atom. The van der Waals surface area contributed by atoms with E-state index in [-0.39, 0.29) is 5.78 Å². The number of nitrogens with one attached hydrogen (secondary N) is 1. The van der Waals surface area contributed by atoms with Crippen molar-refractivity contribution in [2.45, 2.75) is 6.54 Å². The van der Waals surface area contributed by atoms with Crippen molar-refractivity contribution in [3.05, 3.63) is 74.8 Å². The van der Waals surface area contributed by atoms with Crippen molar-refractivity contribution < 1.29 is 14.3 Å². The van der Waals surface area contributed by atoms with Crippen molar-refractivity contribution in [1.82, 2.24) is 18.7 Å². The molecule has 10 nitrogen and oxygen atoms in total. The summed E-state index contributed by atoms with van der Waals surface area (Å²) in [5, 5.41) is 6.81. The van der Waals surface area contributed by atoms with Gasteiger partial charge in [-0.15, -0.1) is 5.10 Å². The van der Waals surface area contributed by atoms with E-state index in [1.807, 2.05) is 12.1 Å². The lowest BCUT2D eigenvalue weighted by molar-refractivity contribution is -0.117. The standard InChI is InChI=1S/C20H17N5O5/c1-23-14-5-3-4-6-15(14)25-18(28)17(27)24(22-20(23)25)11-16(26)21-13-9-7-12(8-10-13)19(29)30-2/h3-10H,11H2,1-2H3,(H,21,26). The summed E-state index contributed by atoms with van der Waals surface area (Å²) in [6.45, 7) is -0.440. The molecular formula is C20H17N5O5. The number of fused-ring (bicyclic) bond motifs is 3. The summed E-state index contributed by atoms with van der Waals surface area (Å²) in [5.41, 5.74) is 0.360. The molecule has 0 radical (unpaired) electrons. The zero-order chi connectivity index (χ0) is 21.4. The third-order valence-corrected chi connectivity index (χ3v) is 4.70. The smallest absolute Gasteiger partial charge is 0.337 e. The Hall–Kier alpha value is -4.21. The summed E-state index contributed by atoms with van der Waals surface area (Å²) in [6.07, 6.45) is 0. The maximum absolute atomic E-state index is 12.6. The van der Waals surface area contributed by atoms with Gasteiger partial charge in [0.2, 0.25) is 11.7 Å². The maximum Gasteiger partial charge on any atom is 0.337 e. The average molecular weight is 407 g/mol. The number of hydrogen-bond donors (Lipinski definition) is 1. The van der Waals surface area contributed by atoms with Crippen LogP contribution in [-0.2, 0) is 23.1 Å². The highest BCUT2D eigenvalue weighted by atomic mass is 16.5. The molecule has 1 amide bonds. The molecule has 2 aromatic carbocycles. The van der Waals surface area contributed by atoms with E-state index in [0.717, 1.165) is 10.2 Å². The first-order valence-electron chi connectivity index (χ1n) is 8.96. The normalized spacial score (nSPS) is 11.0. The fourth-order valence-corrected chi connectivity index (χ4v) is 3.22. The summed E-state index contributed by atoms with van der Waals surface area (Å²) in [6, 6.07) is 13.2. The highest BCUT2D eigenvalue weighted by Crippen LogP contribution is 2.15. The Labute approximate surface area is 168 Å². The predicted molar refractivity (Wildman–Crippen MR) is 109 cm³/mol. The summed E-state index contributed by atoms with van der Waals surface area (Å²) < 4.78 is 8.37. The summed E-state index contributed by atoms with van der Waals surface area (Å²) in [7, 11) is 3.00. The molecule has 0 saturated heterocycles. The Morgan fingerprint density at radius 3 is 2.33 bits per heavy atom. The van der Waals surface area contributed by atoms with Crippen molar-refractivity contribution in [1.29, 1.82) is 0 Å². The largest absolute Gasteiger partial charge is 0.465 e. The van der Waals surface area contributed by atoms with Crippen molar-refractivity contribution in [2.75, 3.05) is 12.4 Å². The molecule has 0 aliphatic heterocycles. The number of imidazole rings is 1. The Balaban J connectivity index is 1.64. The molecule has 4 rings (SSSR count). The van der Waals surface area contributed by atoms with Gasteiger partial charge in [-0.1, -0.05) is 12.1 Å². The first-order valence-corrected chi connectivity index (χ1v) is 8.96. The van der Waals surface area contributed by atoms with Crippen molar-refractivity contribution in [3.8, 4) is 0 Å². The fraction of sp³-hybridized carbons (Fsp3) is 0.150. The number of carbonyl (C=O) groups excluding carboxylic acids is 2. The number of anilines is 1. The third kappa shape index (κ3) is 3.13. The van der Waals surface area contributed by atoms with Crippen LogP contribution in [0.1, 0.15) is 10.4 Å². The number of esters is 1. The van der Waals surface area contributed by atoms with Gasteiger partial charge in [0, 0.05) is 12.7 Å². The third-order valence-electron chi connectivity index (χ3n) is 4.70. The van der Waals surface area contributed by atoms with Crippen LogP contribution >= 0.6 is 0 Å². The molecule has 0 saturated carbocycles. The van der Waals surface area contributed by atoms with Crippen molar-refractivity contribution in [3.63, 3.8) is 0 Å². The van der Waals surface area contributed by atoms with E-state index in [1.54, 1.807) is 23.7 Å². The SMILES string of the molecule is COC(=O)c1ccc(NC(=O)Cn2nc3n(C)c4ccccc4n3c(=O)c2=O)cc1. The minimum atomic E-state index is -0.903. The van der Waals surface area contributed by atoms with Crippen LogP contribution < -0.4 is 16.4 Å². The number of hydrogen-bond acceptors (Lipinski definition) is 6. The molecule has 1 N–H and O–H groups in total. The molecule has 30 heavy (non-hydrogen) atoms. The number of methoxy groups -OCH3 is 1. The number of amides is 1. The zero-order valence-corrected chi connectivity index (χ0v) is 16.2. The van der Waals surface area contributed by atoms with Crippen molar-refractivity contribution >= 4 is 34.4 Å². The number of benzene rings is 2. The maximum atomic E-state index is 12.6. The van der Waals surface area contributed by atoms with E-state index < -0.39 is 29.5 Å². The van der Waals surface area contributed by atoms with E-state index in [2.05, 4.69) is 15.2 Å². The predicted octanol–water partition coefficient (Wildman–Crippen LogP) is 0.773. The number of para-hydroxylation sites is 2. The minimum absolute atomic E-state index is 0.246. The highest BCUT2D eigenvalue weighted by Gasteiger charge is 2.17. The molecule has 0 spiro atoms. The fourth-order valence-electron chi connectivity index (χ4n) is 3.22. The van der Waals surface area contributed by atoms with Gasteiger partial charge >= 0.3 is 17.1 Å². The minimum Gasteiger partial charge on any atom is -0.465 e. The van der Waals surface area contributed by atoms with Gasteiger partial charge < -0.3 is 14.6 Å². The monoisotopic (exact) mass is 407 g/mol. The molecule has 152 valence electrons. The number of ether oxygens (including phenoxy) is 1. The van der Waals surface area contributed by atoms with Gasteiger partial charge in [0.25, 0.3) is 0 Å². The molecular weight excluding hydrogens is 390 g/mol. The molecule has 0 unspecified atom stereocenters. The molecule has 0 aliphatic rings. The molecule has 2 aromatic heterocycles. The van der Waals surface area contributed by atoms with E-state index in [9.17, 15) is 19.2 Å². The molecule has 0 fully saturated rings. The number of rotatable bonds is 4. The van der Waals surface area contributed by atoms with E-state index in [4.69, 9.17) is 0 Å². The van der Waals surface area contributed by atoms with Gasteiger partial charge in [-0.3, -0.25) is 14.4 Å². The van der Waals surface area contributed by atoms with Crippen LogP contribution in [0.3, 0.4) is 0 Å². The van der Waals surface area contributed by atoms with Gasteiger partial charge in [0.15, 0.2) is 0 Å². The van der Waals surface area contributed by atoms with Crippen LogP contribution in [0.2, 0.25) is 0 Å². The van der Waals surface area contributed by atoms with Crippen LogP contribution in [0, 0.1) is 0 Å². The Bertz CT molecular complexity index is 1410. The summed E-state index contributed by atoms with van der Waals surface area (Å²) in [4.78, 5) is 49.0. The number of nitrogens with zero attached hydrogens (tertiary/aromatic N) is 4. The lowest BCUT2D eigenvalue weighted by Gasteiger charge is -2.08. The van der Waals surface area contributed by atoms with Crippen LogP contribution in [0.25, 0.3) is 16.8 Å². The van der Waals surface area contributed by atoms with Gasteiger partial charge in [0.05, 0.1) is 23.7 Å². The number of aryl methyl sites for hydroxylation is 1. The lowest BCUT2D eigenvalue weighted by atomic mass is 10.2. The zero-order valence-electron chi connectivity index (χ0n) is 16.2. The van der Waals surface area contributed by atoms with Crippen molar-refractivity contribution in [2.24, 2.45) is 7.05 Å².